The molecule has 2 unspecified atom stereocenters. The third-order valence-electron chi connectivity index (χ3n) is 3.08. The van der Waals surface area contributed by atoms with Crippen molar-refractivity contribution < 1.29 is 9.90 Å². The predicted molar refractivity (Wildman–Crippen MR) is 51.8 cm³/mol. The lowest BCUT2D eigenvalue weighted by atomic mass is 10.1. The predicted octanol–water partition coefficient (Wildman–Crippen LogP) is 2.10. The molecule has 2 fully saturated rings. The van der Waals surface area contributed by atoms with Gasteiger partial charge in [-0.05, 0) is 0 Å². The van der Waals surface area contributed by atoms with E-state index in [0.717, 1.165) is 0 Å². The van der Waals surface area contributed by atoms with Gasteiger partial charge < -0.3 is 10.0 Å². The van der Waals surface area contributed by atoms with E-state index in [9.17, 15) is 4.79 Å². The average Bonchev–Trinajstić information content (AvgIpc) is 2.26. The Morgan fingerprint density at radius 1 is 1.67 bits per heavy atom. The fourth-order valence-electron chi connectivity index (χ4n) is 2.03. The van der Waals surface area contributed by atoms with E-state index in [2.05, 4.69) is 38.8 Å². The third kappa shape index (κ3) is 0.839. The highest BCUT2D eigenvalue weighted by atomic mass is 79.9. The van der Waals surface area contributed by atoms with Gasteiger partial charge >= 0.3 is 6.09 Å². The molecule has 0 aromatic heterocycles. The van der Waals surface area contributed by atoms with E-state index in [1.165, 1.54) is 4.90 Å². The molecule has 1 aliphatic carbocycles. The SMILES string of the molecule is CC12CN(C(=O)O)CC1C2(Br)Br. The first kappa shape index (κ1) is 8.81. The van der Waals surface area contributed by atoms with Crippen LogP contribution in [-0.4, -0.2) is 32.4 Å². The molecule has 1 heterocycles. The second-order valence-electron chi connectivity index (χ2n) is 3.76. The van der Waals surface area contributed by atoms with Gasteiger partial charge in [-0.2, -0.15) is 0 Å². The molecule has 0 aromatic rings. The number of nitrogens with zero attached hydrogens (tertiary/aromatic N) is 1. The van der Waals surface area contributed by atoms with Gasteiger partial charge in [-0.3, -0.25) is 0 Å². The highest BCUT2D eigenvalue weighted by Crippen LogP contribution is 2.74. The van der Waals surface area contributed by atoms with Gasteiger partial charge in [0.25, 0.3) is 0 Å². The van der Waals surface area contributed by atoms with Gasteiger partial charge in [-0.1, -0.05) is 38.8 Å². The maximum Gasteiger partial charge on any atom is 0.407 e. The quantitative estimate of drug-likeness (QED) is 0.696. The van der Waals surface area contributed by atoms with E-state index in [1.807, 2.05) is 0 Å². The number of alkyl halides is 2. The van der Waals surface area contributed by atoms with E-state index in [0.29, 0.717) is 19.0 Å². The summed E-state index contributed by atoms with van der Waals surface area (Å²) in [6, 6.07) is 0. The smallest absolute Gasteiger partial charge is 0.407 e. The van der Waals surface area contributed by atoms with Gasteiger partial charge in [0.1, 0.15) is 0 Å². The summed E-state index contributed by atoms with van der Waals surface area (Å²) in [7, 11) is 0. The number of carbonyl (C=O) groups is 1. The van der Waals surface area contributed by atoms with Crippen LogP contribution in [0.2, 0.25) is 0 Å². The standard InChI is InChI=1S/C7H9Br2NO2/c1-6-3-10(5(11)12)2-4(6)7(6,8)9/h4H,2-3H2,1H3,(H,11,12). The van der Waals surface area contributed by atoms with Crippen molar-refractivity contribution in [2.75, 3.05) is 13.1 Å². The van der Waals surface area contributed by atoms with Crippen LogP contribution in [0.25, 0.3) is 0 Å². The van der Waals surface area contributed by atoms with Gasteiger partial charge in [0.15, 0.2) is 0 Å². The number of hydrogen-bond donors (Lipinski definition) is 1. The zero-order chi connectivity index (χ0) is 9.15. The zero-order valence-corrected chi connectivity index (χ0v) is 9.72. The van der Waals surface area contributed by atoms with Gasteiger partial charge in [0.2, 0.25) is 0 Å². The zero-order valence-electron chi connectivity index (χ0n) is 6.55. The van der Waals surface area contributed by atoms with Crippen LogP contribution in [0.4, 0.5) is 4.79 Å². The number of rotatable bonds is 0. The highest BCUT2D eigenvalue weighted by molar-refractivity contribution is 9.25. The van der Waals surface area contributed by atoms with Gasteiger partial charge in [-0.25, -0.2) is 4.79 Å². The van der Waals surface area contributed by atoms with Crippen molar-refractivity contribution in [1.29, 1.82) is 0 Å². The summed E-state index contributed by atoms with van der Waals surface area (Å²) < 4.78 is -0.0149. The molecule has 2 rings (SSSR count). The second kappa shape index (κ2) is 2.18. The van der Waals surface area contributed by atoms with Crippen molar-refractivity contribution in [1.82, 2.24) is 4.90 Å². The summed E-state index contributed by atoms with van der Waals surface area (Å²) in [5, 5.41) is 8.73. The van der Waals surface area contributed by atoms with Crippen molar-refractivity contribution in [2.24, 2.45) is 11.3 Å². The molecule has 1 aliphatic heterocycles. The largest absolute Gasteiger partial charge is 0.465 e. The third-order valence-corrected chi connectivity index (χ3v) is 5.99. The molecule has 5 heteroatoms. The summed E-state index contributed by atoms with van der Waals surface area (Å²) in [6.07, 6.45) is -0.806. The Balaban J connectivity index is 2.12. The van der Waals surface area contributed by atoms with Crippen molar-refractivity contribution in [3.8, 4) is 0 Å². The first-order valence-electron chi connectivity index (χ1n) is 3.75. The molecule has 0 radical (unpaired) electrons. The molecular formula is C7H9Br2NO2. The average molecular weight is 299 g/mol. The summed E-state index contributed by atoms with van der Waals surface area (Å²) in [5.41, 5.74) is 0.0887. The van der Waals surface area contributed by atoms with Gasteiger partial charge in [-0.15, -0.1) is 0 Å². The van der Waals surface area contributed by atoms with Crippen LogP contribution in [0.15, 0.2) is 0 Å². The van der Waals surface area contributed by atoms with E-state index >= 15 is 0 Å². The fraction of sp³-hybridized carbons (Fsp3) is 0.857. The first-order chi connectivity index (χ1) is 5.39. The highest BCUT2D eigenvalue weighted by Gasteiger charge is 2.75. The van der Waals surface area contributed by atoms with Gasteiger partial charge in [0.05, 0.1) is 3.23 Å². The van der Waals surface area contributed by atoms with Crippen molar-refractivity contribution in [3.05, 3.63) is 0 Å². The van der Waals surface area contributed by atoms with Crippen LogP contribution in [0.1, 0.15) is 6.92 Å². The Bertz CT molecular complexity index is 256. The number of carboxylic acid groups (broad SMARTS) is 1. The Morgan fingerprint density at radius 3 is 2.58 bits per heavy atom. The molecular weight excluding hydrogens is 290 g/mol. The van der Waals surface area contributed by atoms with Crippen molar-refractivity contribution in [3.63, 3.8) is 0 Å². The number of fused-ring (bicyclic) bond motifs is 1. The molecule has 2 aliphatic rings. The van der Waals surface area contributed by atoms with Crippen LogP contribution >= 0.6 is 31.9 Å². The number of amides is 1. The molecule has 0 aromatic carbocycles. The minimum absolute atomic E-state index is 0.0149. The van der Waals surface area contributed by atoms with E-state index < -0.39 is 6.09 Å². The van der Waals surface area contributed by atoms with E-state index in [1.54, 1.807) is 0 Å². The summed E-state index contributed by atoms with van der Waals surface area (Å²) in [4.78, 5) is 12.1. The van der Waals surface area contributed by atoms with E-state index in [-0.39, 0.29) is 8.65 Å². The Morgan fingerprint density at radius 2 is 2.25 bits per heavy atom. The summed E-state index contributed by atoms with van der Waals surface area (Å²) in [5.74, 6) is 0.418. The minimum atomic E-state index is -0.806. The van der Waals surface area contributed by atoms with Gasteiger partial charge in [0, 0.05) is 24.4 Å². The Kier molecular flexibility index (Phi) is 1.60. The van der Waals surface area contributed by atoms with Crippen LogP contribution < -0.4 is 0 Å². The summed E-state index contributed by atoms with van der Waals surface area (Å²) >= 11 is 7.12. The lowest BCUT2D eigenvalue weighted by molar-refractivity contribution is 0.148. The molecule has 1 saturated heterocycles. The molecule has 1 saturated carbocycles. The first-order valence-corrected chi connectivity index (χ1v) is 5.34. The molecule has 2 atom stereocenters. The minimum Gasteiger partial charge on any atom is -0.465 e. The summed E-state index contributed by atoms with van der Waals surface area (Å²) in [6.45, 7) is 3.37. The van der Waals surface area contributed by atoms with E-state index in [4.69, 9.17) is 5.11 Å². The number of likely N-dealkylation sites (tertiary alicyclic amines) is 1. The Labute approximate surface area is 87.4 Å². The van der Waals surface area contributed by atoms with Crippen molar-refractivity contribution >= 4 is 38.0 Å². The maximum absolute atomic E-state index is 10.6. The maximum atomic E-state index is 10.6. The molecule has 1 amide bonds. The second-order valence-corrected chi connectivity index (χ2v) is 7.32. The normalized spacial score (nSPS) is 42.6. The van der Waals surface area contributed by atoms with Crippen LogP contribution in [-0.2, 0) is 0 Å². The molecule has 1 N–H and O–H groups in total. The number of piperidine rings is 1. The molecule has 0 spiro atoms. The van der Waals surface area contributed by atoms with Crippen molar-refractivity contribution in [2.45, 2.75) is 10.2 Å². The molecule has 3 nitrogen and oxygen atoms in total. The topological polar surface area (TPSA) is 40.5 Å². The number of hydrogen-bond acceptors (Lipinski definition) is 1. The molecule has 68 valence electrons. The number of halogens is 2. The lowest BCUT2D eigenvalue weighted by Crippen LogP contribution is -2.33. The lowest BCUT2D eigenvalue weighted by Gasteiger charge is -2.20. The monoisotopic (exact) mass is 297 g/mol. The van der Waals surface area contributed by atoms with Crippen LogP contribution in [0.5, 0.6) is 0 Å². The molecule has 12 heavy (non-hydrogen) atoms. The Hall–Kier alpha value is 0.230. The van der Waals surface area contributed by atoms with Crippen LogP contribution in [0.3, 0.4) is 0 Å². The van der Waals surface area contributed by atoms with Crippen LogP contribution in [0, 0.1) is 11.3 Å². The fourth-order valence-corrected chi connectivity index (χ4v) is 3.91. The molecule has 0 bridgehead atoms.